The monoisotopic (exact) mass is 1460 g/mol. The van der Waals surface area contributed by atoms with E-state index in [2.05, 4.69) is 349 Å². The highest BCUT2D eigenvalue weighted by molar-refractivity contribution is 7.27. The third-order valence-corrected chi connectivity index (χ3v) is 23.7. The molecule has 0 fully saturated rings. The van der Waals surface area contributed by atoms with E-state index in [4.69, 9.17) is 29.9 Å². The highest BCUT2D eigenvalue weighted by Gasteiger charge is 2.26. The SMILES string of the molecule is c1ccc(-c2ccc(-c3nc(-c4ccccc4)nc(-c4ccccc4-n4c5ccccc5c5ccc6c(sc7cccc(-c8ccccc8)c76)c54)n3)cc2)cc1.c1ccc(-c2ccc(-c3nc(-c4ccccc4)nc(-c4ccccc4-n4c5ccccc5c5ccc6c7cc(-c8ccccc8)ccc7sc6c54)n3)cc2)cc1. The second-order valence-corrected chi connectivity index (χ2v) is 30.1. The fourth-order valence-electron chi connectivity index (χ4n) is 16.1. The van der Waals surface area contributed by atoms with Crippen LogP contribution < -0.4 is 0 Å². The molecule has 524 valence electrons. The third kappa shape index (κ3) is 11.7. The summed E-state index contributed by atoms with van der Waals surface area (Å²) in [7, 11) is 0. The van der Waals surface area contributed by atoms with Crippen LogP contribution in [0.2, 0.25) is 0 Å². The lowest BCUT2D eigenvalue weighted by Crippen LogP contribution is -2.03. The maximum atomic E-state index is 5.24. The van der Waals surface area contributed by atoms with E-state index in [1.165, 1.54) is 106 Å². The Labute approximate surface area is 653 Å². The number of hydrogen-bond acceptors (Lipinski definition) is 8. The van der Waals surface area contributed by atoms with Crippen molar-refractivity contribution in [2.45, 2.75) is 0 Å². The number of aromatic nitrogens is 8. The van der Waals surface area contributed by atoms with Gasteiger partial charge in [0.25, 0.3) is 0 Å². The van der Waals surface area contributed by atoms with Crippen molar-refractivity contribution < 1.29 is 0 Å². The first-order valence-electron chi connectivity index (χ1n) is 37.6. The third-order valence-electron chi connectivity index (χ3n) is 21.4. The van der Waals surface area contributed by atoms with Gasteiger partial charge in [0.15, 0.2) is 34.9 Å². The molecule has 0 aliphatic heterocycles. The molecule has 8 nitrogen and oxygen atoms in total. The topological polar surface area (TPSA) is 87.2 Å². The van der Waals surface area contributed by atoms with Crippen LogP contribution in [0.25, 0.3) is 208 Å². The van der Waals surface area contributed by atoms with Crippen LogP contribution in [0.5, 0.6) is 0 Å². The van der Waals surface area contributed by atoms with Gasteiger partial charge in [-0.15, -0.1) is 22.7 Å². The van der Waals surface area contributed by atoms with Crippen LogP contribution in [-0.4, -0.2) is 39.0 Å². The molecule has 0 unspecified atom stereocenters. The van der Waals surface area contributed by atoms with Crippen LogP contribution >= 0.6 is 22.7 Å². The van der Waals surface area contributed by atoms with Crippen molar-refractivity contribution in [3.05, 3.63) is 388 Å². The predicted octanol–water partition coefficient (Wildman–Crippen LogP) is 27.3. The van der Waals surface area contributed by atoms with Crippen molar-refractivity contribution in [1.82, 2.24) is 39.0 Å². The summed E-state index contributed by atoms with van der Waals surface area (Å²) in [5, 5.41) is 9.93. The molecule has 0 radical (unpaired) electrons. The van der Waals surface area contributed by atoms with Crippen LogP contribution in [0.3, 0.4) is 0 Å². The van der Waals surface area contributed by atoms with E-state index >= 15 is 0 Å². The van der Waals surface area contributed by atoms with E-state index in [1.54, 1.807) is 0 Å². The second kappa shape index (κ2) is 28.0. The van der Waals surface area contributed by atoms with Crippen molar-refractivity contribution in [2.24, 2.45) is 0 Å². The lowest BCUT2D eigenvalue weighted by atomic mass is 9.99. The average molecular weight is 1470 g/mol. The van der Waals surface area contributed by atoms with Crippen molar-refractivity contribution in [3.63, 3.8) is 0 Å². The lowest BCUT2D eigenvalue weighted by Gasteiger charge is -2.15. The van der Waals surface area contributed by atoms with Gasteiger partial charge in [-0.05, 0) is 99.1 Å². The summed E-state index contributed by atoms with van der Waals surface area (Å²) in [5.41, 5.74) is 21.8. The van der Waals surface area contributed by atoms with E-state index in [0.29, 0.717) is 34.9 Å². The minimum Gasteiger partial charge on any atom is -0.307 e. The molecular formula is C102H64N8S2. The van der Waals surface area contributed by atoms with Crippen molar-refractivity contribution in [2.75, 3.05) is 0 Å². The number of rotatable bonds is 12. The van der Waals surface area contributed by atoms with Gasteiger partial charge in [-0.1, -0.05) is 334 Å². The molecule has 0 saturated heterocycles. The van der Waals surface area contributed by atoms with E-state index < -0.39 is 0 Å². The van der Waals surface area contributed by atoms with Gasteiger partial charge in [0.05, 0.1) is 42.8 Å². The van der Waals surface area contributed by atoms with E-state index in [1.807, 2.05) is 71.2 Å². The summed E-state index contributed by atoms with van der Waals surface area (Å²) in [6, 6.07) is 137. The maximum Gasteiger partial charge on any atom is 0.166 e. The van der Waals surface area contributed by atoms with Gasteiger partial charge < -0.3 is 9.13 Å². The molecule has 16 aromatic carbocycles. The molecule has 0 atom stereocenters. The van der Waals surface area contributed by atoms with Gasteiger partial charge in [0, 0.05) is 85.9 Å². The summed E-state index contributed by atoms with van der Waals surface area (Å²) < 4.78 is 9.91. The van der Waals surface area contributed by atoms with Crippen molar-refractivity contribution >= 4 is 107 Å². The Morgan fingerprint density at radius 3 is 0.982 bits per heavy atom. The van der Waals surface area contributed by atoms with Crippen molar-refractivity contribution in [1.29, 1.82) is 0 Å². The van der Waals surface area contributed by atoms with Crippen LogP contribution in [0, 0.1) is 0 Å². The standard InChI is InChI=1S/2C51H32N4S/c1-4-15-33(16-5-1)34-27-29-37(30-28-34)50-52-49(36-19-8-3-9-20-36)53-51(54-50)41-22-11-13-25-44(41)55-43-24-12-10-21-39(43)40-31-32-42-46-38(35-17-6-2-7-18-35)23-14-26-45(46)56-48(42)47(40)55;1-4-14-33(15-5-1)35-24-26-37(27-25-35)50-52-49(36-18-8-3-9-19-36)53-51(54-50)42-21-11-13-23-45(42)55-44-22-12-10-20-39(44)40-29-30-41-43-32-38(34-16-6-2-7-17-34)28-31-46(43)56-48(41)47(40)55/h2*1-32H. The number of fused-ring (bicyclic) bond motifs is 14. The molecule has 0 amide bonds. The minimum absolute atomic E-state index is 0.623. The molecule has 0 N–H and O–H groups in total. The Morgan fingerprint density at radius 1 is 0.188 bits per heavy atom. The average Bonchev–Trinajstić information content (AvgIpc) is 1.56. The van der Waals surface area contributed by atoms with Crippen molar-refractivity contribution in [3.8, 4) is 124 Å². The molecule has 0 aliphatic rings. The highest BCUT2D eigenvalue weighted by atomic mass is 32.1. The first-order valence-corrected chi connectivity index (χ1v) is 39.2. The summed E-state index contributed by atoms with van der Waals surface area (Å²) in [5.74, 6) is 3.78. The lowest BCUT2D eigenvalue weighted by molar-refractivity contribution is 1.06. The Morgan fingerprint density at radius 2 is 0.509 bits per heavy atom. The molecule has 0 saturated carbocycles. The molecule has 0 bridgehead atoms. The Bertz CT molecular complexity index is 7330. The molecule has 6 aromatic heterocycles. The van der Waals surface area contributed by atoms with Gasteiger partial charge in [-0.3, -0.25) is 0 Å². The minimum atomic E-state index is 0.623. The maximum absolute atomic E-state index is 5.24. The van der Waals surface area contributed by atoms with Crippen LogP contribution in [-0.2, 0) is 0 Å². The molecule has 10 heteroatoms. The summed E-state index contributed by atoms with van der Waals surface area (Å²) in [6.07, 6.45) is 0. The van der Waals surface area contributed by atoms with Gasteiger partial charge in [-0.2, -0.15) is 0 Å². The molecule has 0 aliphatic carbocycles. The zero-order valence-electron chi connectivity index (χ0n) is 60.3. The summed E-state index contributed by atoms with van der Waals surface area (Å²) >= 11 is 3.72. The molecule has 22 aromatic rings. The summed E-state index contributed by atoms with van der Waals surface area (Å²) in [6.45, 7) is 0. The zero-order chi connectivity index (χ0) is 74.0. The van der Waals surface area contributed by atoms with Gasteiger partial charge >= 0.3 is 0 Å². The van der Waals surface area contributed by atoms with E-state index in [0.717, 1.165) is 66.9 Å². The van der Waals surface area contributed by atoms with Gasteiger partial charge in [0.1, 0.15) is 0 Å². The number of hydrogen-bond donors (Lipinski definition) is 0. The van der Waals surface area contributed by atoms with Gasteiger partial charge in [0.2, 0.25) is 0 Å². The largest absolute Gasteiger partial charge is 0.307 e. The Kier molecular flexibility index (Phi) is 16.4. The zero-order valence-corrected chi connectivity index (χ0v) is 62.0. The number of para-hydroxylation sites is 4. The predicted molar refractivity (Wildman–Crippen MR) is 468 cm³/mol. The smallest absolute Gasteiger partial charge is 0.166 e. The van der Waals surface area contributed by atoms with Gasteiger partial charge in [-0.25, -0.2) is 29.9 Å². The molecular weight excluding hydrogens is 1400 g/mol. The van der Waals surface area contributed by atoms with E-state index in [9.17, 15) is 0 Å². The fraction of sp³-hybridized carbons (Fsp3) is 0. The first-order chi connectivity index (χ1) is 55.5. The molecule has 22 rings (SSSR count). The van der Waals surface area contributed by atoms with E-state index in [-0.39, 0.29) is 0 Å². The van der Waals surface area contributed by atoms with Crippen LogP contribution in [0.1, 0.15) is 0 Å². The normalized spacial score (nSPS) is 11.6. The molecule has 0 spiro atoms. The Balaban J connectivity index is 0.000000141. The second-order valence-electron chi connectivity index (χ2n) is 28.0. The van der Waals surface area contributed by atoms with Crippen LogP contribution in [0.4, 0.5) is 0 Å². The number of nitrogens with zero attached hydrogens (tertiary/aromatic N) is 8. The summed E-state index contributed by atoms with van der Waals surface area (Å²) in [4.78, 5) is 31.0. The fourth-order valence-corrected chi connectivity index (χ4v) is 18.6. The quantitative estimate of drug-likeness (QED) is 0.121. The number of benzene rings is 16. The molecule has 112 heavy (non-hydrogen) atoms. The first kappa shape index (κ1) is 65.8. The Hall–Kier alpha value is -14.4. The van der Waals surface area contributed by atoms with Crippen LogP contribution in [0.15, 0.2) is 388 Å². The highest BCUT2D eigenvalue weighted by Crippen LogP contribution is 2.49. The number of thiophene rings is 2. The molecule has 6 heterocycles.